The summed E-state index contributed by atoms with van der Waals surface area (Å²) in [5, 5.41) is 7.96. The van der Waals surface area contributed by atoms with Crippen LogP contribution in [0, 0.1) is 5.92 Å². The number of carbonyl (C=O) groups excluding carboxylic acids is 1. The largest absolute Gasteiger partial charge is 0.407 e. The zero-order chi connectivity index (χ0) is 13.9. The van der Waals surface area contributed by atoms with Crippen LogP contribution in [0.5, 0.6) is 0 Å². The molecule has 1 aromatic carbocycles. The zero-order valence-corrected chi connectivity index (χ0v) is 11.6. The average molecular weight is 292 g/mol. The summed E-state index contributed by atoms with van der Waals surface area (Å²) in [5.74, 6) is 1.13. The quantitative estimate of drug-likeness (QED) is 0.811. The van der Waals surface area contributed by atoms with Crippen molar-refractivity contribution in [2.75, 3.05) is 17.3 Å². The molecule has 1 aliphatic heterocycles. The van der Waals surface area contributed by atoms with Crippen LogP contribution in [0.4, 0.5) is 6.01 Å². The number of halogens is 1. The fourth-order valence-corrected chi connectivity index (χ4v) is 2.47. The normalized spacial score (nSPS) is 18.8. The Morgan fingerprint density at radius 1 is 1.30 bits per heavy atom. The third-order valence-corrected chi connectivity index (χ3v) is 3.75. The van der Waals surface area contributed by atoms with Gasteiger partial charge in [0, 0.05) is 18.8 Å². The Morgan fingerprint density at radius 2 is 2.10 bits per heavy atom. The summed E-state index contributed by atoms with van der Waals surface area (Å²) in [6.45, 7) is 0.551. The monoisotopic (exact) mass is 291 g/mol. The van der Waals surface area contributed by atoms with Gasteiger partial charge in [0.1, 0.15) is 0 Å². The van der Waals surface area contributed by atoms with Crippen LogP contribution < -0.4 is 4.90 Å². The van der Waals surface area contributed by atoms with E-state index in [1.807, 2.05) is 30.3 Å². The van der Waals surface area contributed by atoms with E-state index < -0.39 is 0 Å². The molecule has 6 heteroatoms. The third kappa shape index (κ3) is 2.67. The molecular formula is C14H14ClN3O2. The molecule has 3 rings (SSSR count). The van der Waals surface area contributed by atoms with Crippen molar-refractivity contribution in [3.05, 3.63) is 41.8 Å². The maximum atomic E-state index is 11.9. The van der Waals surface area contributed by atoms with E-state index >= 15 is 0 Å². The highest BCUT2D eigenvalue weighted by atomic mass is 35.5. The molecule has 1 unspecified atom stereocenters. The fraction of sp³-hybridized carbons (Fsp3) is 0.357. The summed E-state index contributed by atoms with van der Waals surface area (Å²) in [4.78, 5) is 13.4. The van der Waals surface area contributed by atoms with Crippen molar-refractivity contribution in [2.24, 2.45) is 5.92 Å². The van der Waals surface area contributed by atoms with Gasteiger partial charge in [0.25, 0.3) is 0 Å². The molecule has 0 radical (unpaired) electrons. The molecule has 1 atom stereocenters. The van der Waals surface area contributed by atoms with E-state index in [0.717, 1.165) is 5.56 Å². The van der Waals surface area contributed by atoms with E-state index in [9.17, 15) is 4.79 Å². The van der Waals surface area contributed by atoms with E-state index in [0.29, 0.717) is 31.2 Å². The number of benzene rings is 1. The number of hydrogen-bond acceptors (Lipinski definition) is 4. The van der Waals surface area contributed by atoms with Crippen molar-refractivity contribution in [1.29, 1.82) is 0 Å². The third-order valence-electron chi connectivity index (χ3n) is 3.31. The van der Waals surface area contributed by atoms with E-state index in [-0.39, 0.29) is 17.8 Å². The molecule has 1 saturated heterocycles. The first-order valence-electron chi connectivity index (χ1n) is 6.49. The molecule has 1 fully saturated rings. The first kappa shape index (κ1) is 13.1. The van der Waals surface area contributed by atoms with Crippen LogP contribution in [0.25, 0.3) is 0 Å². The van der Waals surface area contributed by atoms with Crippen molar-refractivity contribution >= 4 is 23.5 Å². The highest BCUT2D eigenvalue weighted by Gasteiger charge is 2.33. The number of amides is 1. The van der Waals surface area contributed by atoms with Crippen LogP contribution >= 0.6 is 11.6 Å². The molecule has 2 aromatic rings. The molecule has 0 saturated carbocycles. The number of aromatic nitrogens is 2. The van der Waals surface area contributed by atoms with Crippen LogP contribution in [-0.4, -0.2) is 28.5 Å². The van der Waals surface area contributed by atoms with Crippen LogP contribution in [0.2, 0.25) is 0 Å². The smallest absolute Gasteiger partial charge is 0.325 e. The SMILES string of the molecule is O=C1CC(CCl)CN1c1nnc(Cc2ccccc2)o1. The van der Waals surface area contributed by atoms with Gasteiger partial charge in [0.15, 0.2) is 0 Å². The van der Waals surface area contributed by atoms with Crippen LogP contribution in [0.3, 0.4) is 0 Å². The Hall–Kier alpha value is -1.88. The number of rotatable bonds is 4. The van der Waals surface area contributed by atoms with Crippen LogP contribution in [0.15, 0.2) is 34.7 Å². The predicted molar refractivity (Wildman–Crippen MR) is 74.7 cm³/mol. The van der Waals surface area contributed by atoms with E-state index in [4.69, 9.17) is 16.0 Å². The topological polar surface area (TPSA) is 59.2 Å². The van der Waals surface area contributed by atoms with Gasteiger partial charge in [-0.25, -0.2) is 0 Å². The van der Waals surface area contributed by atoms with Gasteiger partial charge in [-0.05, 0) is 11.5 Å². The van der Waals surface area contributed by atoms with Gasteiger partial charge in [-0.2, -0.15) is 0 Å². The lowest BCUT2D eigenvalue weighted by Gasteiger charge is -2.09. The molecule has 1 aliphatic rings. The van der Waals surface area contributed by atoms with Crippen molar-refractivity contribution in [3.63, 3.8) is 0 Å². The molecule has 0 aliphatic carbocycles. The Morgan fingerprint density at radius 3 is 2.80 bits per heavy atom. The Labute approximate surface area is 121 Å². The minimum Gasteiger partial charge on any atom is -0.407 e. The molecule has 104 valence electrons. The second kappa shape index (κ2) is 5.63. The number of nitrogens with zero attached hydrogens (tertiary/aromatic N) is 3. The zero-order valence-electron chi connectivity index (χ0n) is 10.8. The molecule has 1 aromatic heterocycles. The molecule has 0 N–H and O–H groups in total. The second-order valence-electron chi connectivity index (χ2n) is 4.87. The van der Waals surface area contributed by atoms with Gasteiger partial charge in [-0.3, -0.25) is 9.69 Å². The van der Waals surface area contributed by atoms with Gasteiger partial charge < -0.3 is 4.42 Å². The van der Waals surface area contributed by atoms with Crippen LogP contribution in [-0.2, 0) is 11.2 Å². The predicted octanol–water partition coefficient (Wildman–Crippen LogP) is 2.25. The maximum Gasteiger partial charge on any atom is 0.325 e. The van der Waals surface area contributed by atoms with Gasteiger partial charge >= 0.3 is 6.01 Å². The molecule has 0 spiro atoms. The van der Waals surface area contributed by atoms with Gasteiger partial charge in [-0.15, -0.1) is 16.7 Å². The summed E-state index contributed by atoms with van der Waals surface area (Å²) in [6.07, 6.45) is 1.01. The molecule has 2 heterocycles. The molecule has 0 bridgehead atoms. The lowest BCUT2D eigenvalue weighted by atomic mass is 10.1. The Balaban J connectivity index is 1.72. The molecule has 20 heavy (non-hydrogen) atoms. The second-order valence-corrected chi connectivity index (χ2v) is 5.18. The van der Waals surface area contributed by atoms with Crippen molar-refractivity contribution < 1.29 is 9.21 Å². The van der Waals surface area contributed by atoms with E-state index in [1.54, 1.807) is 0 Å². The Bertz CT molecular complexity index is 599. The number of anilines is 1. The Kier molecular flexibility index (Phi) is 3.69. The summed E-state index contributed by atoms with van der Waals surface area (Å²) in [6, 6.07) is 10.1. The maximum absolute atomic E-state index is 11.9. The van der Waals surface area contributed by atoms with Gasteiger partial charge in [-0.1, -0.05) is 35.4 Å². The van der Waals surface area contributed by atoms with E-state index in [1.165, 1.54) is 4.90 Å². The van der Waals surface area contributed by atoms with Crippen LogP contribution in [0.1, 0.15) is 17.9 Å². The fourth-order valence-electron chi connectivity index (χ4n) is 2.27. The minimum absolute atomic E-state index is 0.00874. The summed E-state index contributed by atoms with van der Waals surface area (Å²) >= 11 is 5.79. The molecule has 1 amide bonds. The van der Waals surface area contributed by atoms with Gasteiger partial charge in [0.05, 0.1) is 6.42 Å². The standard InChI is InChI=1S/C14H14ClN3O2/c15-8-11-7-13(19)18(9-11)14-17-16-12(20-14)6-10-4-2-1-3-5-10/h1-5,11H,6-9H2. The summed E-state index contributed by atoms with van der Waals surface area (Å²) in [5.41, 5.74) is 1.09. The average Bonchev–Trinajstić information content (AvgIpc) is 3.06. The summed E-state index contributed by atoms with van der Waals surface area (Å²) < 4.78 is 5.57. The number of carbonyl (C=O) groups is 1. The molecule has 5 nitrogen and oxygen atoms in total. The first-order chi connectivity index (χ1) is 9.76. The lowest BCUT2D eigenvalue weighted by Crippen LogP contribution is -2.24. The molecular weight excluding hydrogens is 278 g/mol. The van der Waals surface area contributed by atoms with Gasteiger partial charge in [0.2, 0.25) is 11.8 Å². The van der Waals surface area contributed by atoms with E-state index in [2.05, 4.69) is 10.2 Å². The first-order valence-corrected chi connectivity index (χ1v) is 7.02. The number of hydrogen-bond donors (Lipinski definition) is 0. The highest BCUT2D eigenvalue weighted by Crippen LogP contribution is 2.25. The summed E-state index contributed by atoms with van der Waals surface area (Å²) in [7, 11) is 0. The minimum atomic E-state index is -0.00874. The van der Waals surface area contributed by atoms with Crippen molar-refractivity contribution in [3.8, 4) is 0 Å². The highest BCUT2D eigenvalue weighted by molar-refractivity contribution is 6.18. The lowest BCUT2D eigenvalue weighted by molar-refractivity contribution is -0.117. The van der Waals surface area contributed by atoms with Crippen molar-refractivity contribution in [1.82, 2.24) is 10.2 Å². The van der Waals surface area contributed by atoms with Crippen molar-refractivity contribution in [2.45, 2.75) is 12.8 Å². The number of alkyl halides is 1.